The van der Waals surface area contributed by atoms with E-state index in [0.717, 1.165) is 38.8 Å². The highest BCUT2D eigenvalue weighted by Gasteiger charge is 2.33. The molecule has 2 aliphatic rings. The van der Waals surface area contributed by atoms with E-state index in [1.807, 2.05) is 11.8 Å². The number of aliphatic hydroxyl groups is 1. The quantitative estimate of drug-likeness (QED) is 0.649. The molecule has 0 spiro atoms. The summed E-state index contributed by atoms with van der Waals surface area (Å²) in [6.45, 7) is 4.10. The minimum Gasteiger partial charge on any atom is -0.390 e. The van der Waals surface area contributed by atoms with Gasteiger partial charge < -0.3 is 15.3 Å². The normalized spacial score (nSPS) is 38.1. The monoisotopic (exact) mass is 212 g/mol. The molecule has 4 heteroatoms. The van der Waals surface area contributed by atoms with Crippen LogP contribution >= 0.6 is 0 Å². The van der Waals surface area contributed by atoms with Crippen molar-refractivity contribution in [2.45, 2.75) is 44.2 Å². The SMILES string of the molecule is CC1(O)CCC(N2CCNCC2=O)CC1. The van der Waals surface area contributed by atoms with Crippen molar-refractivity contribution >= 4 is 5.91 Å². The van der Waals surface area contributed by atoms with E-state index in [-0.39, 0.29) is 5.91 Å². The van der Waals surface area contributed by atoms with Crippen LogP contribution in [0.5, 0.6) is 0 Å². The van der Waals surface area contributed by atoms with Gasteiger partial charge >= 0.3 is 0 Å². The van der Waals surface area contributed by atoms with Gasteiger partial charge in [-0.25, -0.2) is 0 Å². The Labute approximate surface area is 90.6 Å². The molecular formula is C11H20N2O2. The highest BCUT2D eigenvalue weighted by Crippen LogP contribution is 2.30. The number of carbonyl (C=O) groups excluding carboxylic acids is 1. The van der Waals surface area contributed by atoms with Gasteiger partial charge in [-0.1, -0.05) is 0 Å². The van der Waals surface area contributed by atoms with Gasteiger partial charge in [-0.15, -0.1) is 0 Å². The third-order valence-electron chi connectivity index (χ3n) is 3.60. The third-order valence-corrected chi connectivity index (χ3v) is 3.60. The van der Waals surface area contributed by atoms with E-state index in [4.69, 9.17) is 0 Å². The molecule has 0 atom stereocenters. The van der Waals surface area contributed by atoms with E-state index in [9.17, 15) is 9.90 Å². The molecule has 1 heterocycles. The van der Waals surface area contributed by atoms with Gasteiger partial charge in [-0.3, -0.25) is 4.79 Å². The minimum atomic E-state index is -0.506. The molecule has 4 nitrogen and oxygen atoms in total. The smallest absolute Gasteiger partial charge is 0.236 e. The van der Waals surface area contributed by atoms with Gasteiger partial charge in [-0.2, -0.15) is 0 Å². The molecule has 2 fully saturated rings. The van der Waals surface area contributed by atoms with Crippen LogP contribution < -0.4 is 5.32 Å². The Morgan fingerprint density at radius 3 is 2.73 bits per heavy atom. The van der Waals surface area contributed by atoms with Gasteiger partial charge in [0.25, 0.3) is 0 Å². The maximum atomic E-state index is 11.7. The molecule has 0 aromatic carbocycles. The number of hydrogen-bond acceptors (Lipinski definition) is 3. The molecule has 2 N–H and O–H groups in total. The minimum absolute atomic E-state index is 0.216. The van der Waals surface area contributed by atoms with E-state index in [1.165, 1.54) is 0 Å². The number of rotatable bonds is 1. The number of piperazine rings is 1. The maximum absolute atomic E-state index is 11.7. The Hall–Kier alpha value is -0.610. The average molecular weight is 212 g/mol. The summed E-state index contributed by atoms with van der Waals surface area (Å²) >= 11 is 0. The van der Waals surface area contributed by atoms with E-state index >= 15 is 0 Å². The number of hydrogen-bond donors (Lipinski definition) is 2. The van der Waals surface area contributed by atoms with Gasteiger partial charge in [0.2, 0.25) is 5.91 Å². The summed E-state index contributed by atoms with van der Waals surface area (Å²) < 4.78 is 0. The highest BCUT2D eigenvalue weighted by atomic mass is 16.3. The lowest BCUT2D eigenvalue weighted by Crippen LogP contribution is -2.54. The molecule has 0 aromatic heterocycles. The molecule has 2 rings (SSSR count). The van der Waals surface area contributed by atoms with Crippen LogP contribution in [0.3, 0.4) is 0 Å². The summed E-state index contributed by atoms with van der Waals surface area (Å²) in [6, 6.07) is 0.361. The van der Waals surface area contributed by atoms with E-state index < -0.39 is 5.60 Å². The average Bonchev–Trinajstić information content (AvgIpc) is 2.19. The van der Waals surface area contributed by atoms with Crippen LogP contribution in [0, 0.1) is 0 Å². The number of carbonyl (C=O) groups is 1. The number of amides is 1. The fraction of sp³-hybridized carbons (Fsp3) is 0.909. The lowest BCUT2D eigenvalue weighted by molar-refractivity contribution is -0.136. The second-order valence-corrected chi connectivity index (χ2v) is 4.99. The summed E-state index contributed by atoms with van der Waals surface area (Å²) in [5, 5.41) is 12.9. The molecule has 15 heavy (non-hydrogen) atoms. The van der Waals surface area contributed by atoms with Crippen molar-refractivity contribution in [2.75, 3.05) is 19.6 Å². The topological polar surface area (TPSA) is 52.6 Å². The molecule has 1 aliphatic carbocycles. The Kier molecular flexibility index (Phi) is 2.98. The Morgan fingerprint density at radius 2 is 2.13 bits per heavy atom. The zero-order valence-electron chi connectivity index (χ0n) is 9.33. The first-order valence-corrected chi connectivity index (χ1v) is 5.81. The van der Waals surface area contributed by atoms with Gasteiger partial charge in [0.1, 0.15) is 0 Å². The maximum Gasteiger partial charge on any atom is 0.236 e. The van der Waals surface area contributed by atoms with Gasteiger partial charge in [0, 0.05) is 19.1 Å². The summed E-state index contributed by atoms with van der Waals surface area (Å²) in [4.78, 5) is 13.6. The van der Waals surface area contributed by atoms with E-state index in [0.29, 0.717) is 12.6 Å². The second-order valence-electron chi connectivity index (χ2n) is 4.99. The predicted octanol–water partition coefficient (Wildman–Crippen LogP) is 0.112. The van der Waals surface area contributed by atoms with E-state index in [1.54, 1.807) is 0 Å². The second kappa shape index (κ2) is 4.10. The van der Waals surface area contributed by atoms with Crippen LogP contribution in [-0.4, -0.2) is 47.2 Å². The van der Waals surface area contributed by atoms with Crippen LogP contribution in [0.15, 0.2) is 0 Å². The first-order chi connectivity index (χ1) is 7.08. The molecule has 1 saturated carbocycles. The number of nitrogens with one attached hydrogen (secondary N) is 1. The van der Waals surface area contributed by atoms with Crippen molar-refractivity contribution in [3.63, 3.8) is 0 Å². The standard InChI is InChI=1S/C11H20N2O2/c1-11(15)4-2-9(3-5-11)13-7-6-12-8-10(13)14/h9,12,15H,2-8H2,1H3. The summed E-state index contributed by atoms with van der Waals surface area (Å²) in [7, 11) is 0. The predicted molar refractivity (Wildman–Crippen MR) is 57.5 cm³/mol. The number of nitrogens with zero attached hydrogens (tertiary/aromatic N) is 1. The Balaban J connectivity index is 1.92. The molecule has 0 aromatic rings. The van der Waals surface area contributed by atoms with Crippen molar-refractivity contribution in [3.8, 4) is 0 Å². The first-order valence-electron chi connectivity index (χ1n) is 5.81. The summed E-state index contributed by atoms with van der Waals surface area (Å²) in [6.07, 6.45) is 3.52. The summed E-state index contributed by atoms with van der Waals surface area (Å²) in [5.74, 6) is 0.216. The van der Waals surface area contributed by atoms with Gasteiger partial charge in [0.05, 0.1) is 12.1 Å². The third kappa shape index (κ3) is 2.49. The summed E-state index contributed by atoms with van der Waals surface area (Å²) in [5.41, 5.74) is -0.506. The highest BCUT2D eigenvalue weighted by molar-refractivity contribution is 5.79. The molecule has 0 unspecified atom stereocenters. The lowest BCUT2D eigenvalue weighted by atomic mass is 9.83. The van der Waals surface area contributed by atoms with Crippen molar-refractivity contribution < 1.29 is 9.90 Å². The van der Waals surface area contributed by atoms with Crippen LogP contribution in [0.1, 0.15) is 32.6 Å². The van der Waals surface area contributed by atoms with Crippen molar-refractivity contribution in [3.05, 3.63) is 0 Å². The Bertz CT molecular complexity index is 243. The first kappa shape index (κ1) is 10.9. The van der Waals surface area contributed by atoms with Crippen molar-refractivity contribution in [1.82, 2.24) is 10.2 Å². The van der Waals surface area contributed by atoms with Gasteiger partial charge in [0.15, 0.2) is 0 Å². The van der Waals surface area contributed by atoms with Crippen molar-refractivity contribution in [1.29, 1.82) is 0 Å². The lowest BCUT2D eigenvalue weighted by Gasteiger charge is -2.41. The van der Waals surface area contributed by atoms with E-state index in [2.05, 4.69) is 5.32 Å². The van der Waals surface area contributed by atoms with Gasteiger partial charge in [-0.05, 0) is 32.6 Å². The van der Waals surface area contributed by atoms with Crippen LogP contribution in [0.4, 0.5) is 0 Å². The van der Waals surface area contributed by atoms with Crippen LogP contribution in [0.2, 0.25) is 0 Å². The molecule has 1 saturated heterocycles. The fourth-order valence-electron chi connectivity index (χ4n) is 2.54. The zero-order valence-corrected chi connectivity index (χ0v) is 9.33. The molecule has 0 bridgehead atoms. The zero-order chi connectivity index (χ0) is 10.9. The van der Waals surface area contributed by atoms with Crippen LogP contribution in [0.25, 0.3) is 0 Å². The molecular weight excluding hydrogens is 192 g/mol. The Morgan fingerprint density at radius 1 is 1.47 bits per heavy atom. The molecule has 1 amide bonds. The largest absolute Gasteiger partial charge is 0.390 e. The van der Waals surface area contributed by atoms with Crippen molar-refractivity contribution in [2.24, 2.45) is 0 Å². The molecule has 1 aliphatic heterocycles. The molecule has 0 radical (unpaired) electrons. The van der Waals surface area contributed by atoms with Crippen LogP contribution in [-0.2, 0) is 4.79 Å². The fourth-order valence-corrected chi connectivity index (χ4v) is 2.54. The molecule has 86 valence electrons.